The van der Waals surface area contributed by atoms with Crippen LogP contribution < -0.4 is 10.1 Å². The molecule has 1 rings (SSSR count). The van der Waals surface area contributed by atoms with Gasteiger partial charge in [0.1, 0.15) is 5.75 Å². The normalized spacial score (nSPS) is 11.2. The minimum Gasteiger partial charge on any atom is -0.497 e. The number of benzene rings is 1. The molecule has 0 bridgehead atoms. The van der Waals surface area contributed by atoms with Gasteiger partial charge in [-0.1, -0.05) is 26.7 Å². The molecule has 1 aromatic carbocycles. The number of ether oxygens (including phenoxy) is 1. The molecular formula is C16H25NO3. The van der Waals surface area contributed by atoms with Gasteiger partial charge >= 0.3 is 0 Å². The highest BCUT2D eigenvalue weighted by Gasteiger charge is 2.28. The van der Waals surface area contributed by atoms with Crippen molar-refractivity contribution in [2.75, 3.05) is 12.4 Å². The third-order valence-corrected chi connectivity index (χ3v) is 3.29. The number of amides is 1. The van der Waals surface area contributed by atoms with Crippen LogP contribution in [0.5, 0.6) is 5.75 Å². The van der Waals surface area contributed by atoms with E-state index in [1.54, 1.807) is 31.4 Å². The fourth-order valence-corrected chi connectivity index (χ4v) is 2.41. The lowest BCUT2D eigenvalue weighted by molar-refractivity contribution is -0.121. The molecule has 0 saturated carbocycles. The van der Waals surface area contributed by atoms with Crippen molar-refractivity contribution in [2.45, 2.75) is 51.6 Å². The smallest absolute Gasteiger partial charge is 0.227 e. The maximum absolute atomic E-state index is 12.0. The van der Waals surface area contributed by atoms with Crippen LogP contribution in [0.25, 0.3) is 0 Å². The first-order valence-corrected chi connectivity index (χ1v) is 7.19. The van der Waals surface area contributed by atoms with E-state index in [0.29, 0.717) is 18.5 Å². The Labute approximate surface area is 121 Å². The molecule has 0 radical (unpaired) electrons. The maximum atomic E-state index is 12.0. The third kappa shape index (κ3) is 5.21. The predicted octanol–water partition coefficient (Wildman–Crippen LogP) is 3.36. The van der Waals surface area contributed by atoms with Crippen molar-refractivity contribution in [1.29, 1.82) is 0 Å². The summed E-state index contributed by atoms with van der Waals surface area (Å²) in [6, 6.07) is 7.16. The van der Waals surface area contributed by atoms with Crippen LogP contribution in [0.2, 0.25) is 0 Å². The second-order valence-corrected chi connectivity index (χ2v) is 5.18. The Morgan fingerprint density at radius 2 is 1.75 bits per heavy atom. The number of methoxy groups -OCH3 is 1. The summed E-state index contributed by atoms with van der Waals surface area (Å²) in [7, 11) is 1.60. The zero-order chi connectivity index (χ0) is 15.0. The summed E-state index contributed by atoms with van der Waals surface area (Å²) < 4.78 is 5.07. The molecule has 0 saturated heterocycles. The quantitative estimate of drug-likeness (QED) is 0.767. The van der Waals surface area contributed by atoms with E-state index in [1.165, 1.54) is 0 Å². The van der Waals surface area contributed by atoms with Crippen molar-refractivity contribution in [1.82, 2.24) is 0 Å². The summed E-state index contributed by atoms with van der Waals surface area (Å²) in [5.41, 5.74) is -0.175. The second kappa shape index (κ2) is 7.90. The molecular weight excluding hydrogens is 254 g/mol. The lowest BCUT2D eigenvalue weighted by Crippen LogP contribution is -2.33. The number of anilines is 1. The van der Waals surface area contributed by atoms with Gasteiger partial charge in [-0.05, 0) is 37.1 Å². The molecule has 0 spiro atoms. The number of aliphatic hydroxyl groups is 1. The Morgan fingerprint density at radius 1 is 1.20 bits per heavy atom. The van der Waals surface area contributed by atoms with Crippen molar-refractivity contribution in [3.63, 3.8) is 0 Å². The molecule has 20 heavy (non-hydrogen) atoms. The molecule has 2 N–H and O–H groups in total. The van der Waals surface area contributed by atoms with E-state index in [2.05, 4.69) is 5.32 Å². The Kier molecular flexibility index (Phi) is 6.52. The fraction of sp³-hybridized carbons (Fsp3) is 0.562. The number of hydrogen-bond acceptors (Lipinski definition) is 3. The number of carbonyl (C=O) groups excluding carboxylic acids is 1. The van der Waals surface area contributed by atoms with Crippen LogP contribution >= 0.6 is 0 Å². The standard InChI is InChI=1S/C16H25NO3/c1-4-10-16(19,11-5-2)12-15(18)17-13-6-8-14(20-3)9-7-13/h6-9,19H,4-5,10-12H2,1-3H3,(H,17,18). The van der Waals surface area contributed by atoms with Crippen molar-refractivity contribution in [3.8, 4) is 5.75 Å². The van der Waals surface area contributed by atoms with E-state index >= 15 is 0 Å². The molecule has 112 valence electrons. The molecule has 0 aliphatic carbocycles. The van der Waals surface area contributed by atoms with Gasteiger partial charge in [-0.3, -0.25) is 4.79 Å². The van der Waals surface area contributed by atoms with Crippen molar-refractivity contribution in [2.24, 2.45) is 0 Å². The van der Waals surface area contributed by atoms with Gasteiger partial charge in [-0.15, -0.1) is 0 Å². The summed E-state index contributed by atoms with van der Waals surface area (Å²) in [5.74, 6) is 0.594. The van der Waals surface area contributed by atoms with Gasteiger partial charge in [-0.25, -0.2) is 0 Å². The van der Waals surface area contributed by atoms with E-state index in [-0.39, 0.29) is 12.3 Å². The summed E-state index contributed by atoms with van der Waals surface area (Å²) in [4.78, 5) is 12.0. The number of carbonyl (C=O) groups is 1. The zero-order valence-corrected chi connectivity index (χ0v) is 12.6. The first-order chi connectivity index (χ1) is 9.53. The van der Waals surface area contributed by atoms with E-state index in [0.717, 1.165) is 18.6 Å². The monoisotopic (exact) mass is 279 g/mol. The molecule has 4 heteroatoms. The van der Waals surface area contributed by atoms with Crippen LogP contribution in [0.15, 0.2) is 24.3 Å². The highest BCUT2D eigenvalue weighted by atomic mass is 16.5. The maximum Gasteiger partial charge on any atom is 0.227 e. The van der Waals surface area contributed by atoms with E-state index in [9.17, 15) is 9.90 Å². The van der Waals surface area contributed by atoms with Gasteiger partial charge in [0, 0.05) is 5.69 Å². The van der Waals surface area contributed by atoms with E-state index in [4.69, 9.17) is 4.74 Å². The van der Waals surface area contributed by atoms with E-state index in [1.807, 2.05) is 13.8 Å². The number of nitrogens with one attached hydrogen (secondary N) is 1. The van der Waals surface area contributed by atoms with Gasteiger partial charge in [0.25, 0.3) is 0 Å². The van der Waals surface area contributed by atoms with Crippen molar-refractivity contribution >= 4 is 11.6 Å². The number of hydrogen-bond donors (Lipinski definition) is 2. The highest BCUT2D eigenvalue weighted by Crippen LogP contribution is 2.24. The Bertz CT molecular complexity index is 408. The topological polar surface area (TPSA) is 58.6 Å². The average molecular weight is 279 g/mol. The Balaban J connectivity index is 2.60. The van der Waals surface area contributed by atoms with Gasteiger partial charge < -0.3 is 15.2 Å². The molecule has 1 amide bonds. The molecule has 0 unspecified atom stereocenters. The number of rotatable bonds is 8. The predicted molar refractivity (Wildman–Crippen MR) is 81.0 cm³/mol. The zero-order valence-electron chi connectivity index (χ0n) is 12.6. The summed E-state index contributed by atoms with van der Waals surface area (Å²) in [5, 5.41) is 13.3. The van der Waals surface area contributed by atoms with Gasteiger partial charge in [0.05, 0.1) is 19.1 Å². The molecule has 1 aromatic rings. The summed E-state index contributed by atoms with van der Waals surface area (Å²) >= 11 is 0. The molecule has 0 aliphatic heterocycles. The first kappa shape index (κ1) is 16.5. The molecule has 0 atom stereocenters. The molecule has 0 fully saturated rings. The SMILES string of the molecule is CCCC(O)(CCC)CC(=O)Nc1ccc(OC)cc1. The molecule has 0 aliphatic rings. The summed E-state index contributed by atoms with van der Waals surface area (Å²) in [6.07, 6.45) is 3.17. The fourth-order valence-electron chi connectivity index (χ4n) is 2.41. The molecule has 0 heterocycles. The van der Waals surface area contributed by atoms with Crippen molar-refractivity contribution in [3.05, 3.63) is 24.3 Å². The first-order valence-electron chi connectivity index (χ1n) is 7.19. The van der Waals surface area contributed by atoms with Crippen molar-refractivity contribution < 1.29 is 14.6 Å². The minimum absolute atomic E-state index is 0.140. The van der Waals surface area contributed by atoms with Gasteiger partial charge in [0.15, 0.2) is 0 Å². The minimum atomic E-state index is -0.889. The van der Waals surface area contributed by atoms with Gasteiger partial charge in [0.2, 0.25) is 5.91 Å². The molecule has 4 nitrogen and oxygen atoms in total. The highest BCUT2D eigenvalue weighted by molar-refractivity contribution is 5.91. The van der Waals surface area contributed by atoms with Crippen LogP contribution in [0.3, 0.4) is 0 Å². The largest absolute Gasteiger partial charge is 0.497 e. The lowest BCUT2D eigenvalue weighted by Gasteiger charge is -2.26. The second-order valence-electron chi connectivity index (χ2n) is 5.18. The van der Waals surface area contributed by atoms with Crippen LogP contribution in [-0.4, -0.2) is 23.7 Å². The molecule has 0 aromatic heterocycles. The average Bonchev–Trinajstić information content (AvgIpc) is 2.39. The van der Waals surface area contributed by atoms with Crippen LogP contribution in [0.1, 0.15) is 46.0 Å². The van der Waals surface area contributed by atoms with E-state index < -0.39 is 5.60 Å². The van der Waals surface area contributed by atoms with Gasteiger partial charge in [-0.2, -0.15) is 0 Å². The third-order valence-electron chi connectivity index (χ3n) is 3.29. The van der Waals surface area contributed by atoms with Crippen LogP contribution in [-0.2, 0) is 4.79 Å². The Hall–Kier alpha value is -1.55. The lowest BCUT2D eigenvalue weighted by atomic mass is 9.89. The van der Waals surface area contributed by atoms with Crippen LogP contribution in [0.4, 0.5) is 5.69 Å². The summed E-state index contributed by atoms with van der Waals surface area (Å²) in [6.45, 7) is 4.03. The van der Waals surface area contributed by atoms with Crippen LogP contribution in [0, 0.1) is 0 Å². The Morgan fingerprint density at radius 3 is 2.20 bits per heavy atom.